The Bertz CT molecular complexity index is 297. The third kappa shape index (κ3) is 7.19. The maximum atomic E-state index is 5.58. The van der Waals surface area contributed by atoms with Crippen LogP contribution in [0.15, 0.2) is 32.8 Å². The average Bonchev–Trinajstić information content (AvgIpc) is 2.29. The summed E-state index contributed by atoms with van der Waals surface area (Å²) in [6, 6.07) is 0. The summed E-state index contributed by atoms with van der Waals surface area (Å²) in [5, 5.41) is 0. The molecule has 0 N–H and O–H groups in total. The normalized spacial score (nSPS) is 14.6. The second-order valence-electron chi connectivity index (χ2n) is 3.24. The maximum absolute atomic E-state index is 5.58. The van der Waals surface area contributed by atoms with Crippen molar-refractivity contribution in [3.05, 3.63) is 32.8 Å². The Balaban J connectivity index is 4.95. The number of hydrogen-bond donors (Lipinski definition) is 0. The molecule has 98 valence electrons. The van der Waals surface area contributed by atoms with Crippen LogP contribution in [0.2, 0.25) is 0 Å². The fourth-order valence-electron chi connectivity index (χ4n) is 1.15. The van der Waals surface area contributed by atoms with E-state index < -0.39 is 0 Å². The van der Waals surface area contributed by atoms with Crippen LogP contribution < -0.4 is 0 Å². The zero-order valence-electron chi connectivity index (χ0n) is 10.8. The quantitative estimate of drug-likeness (QED) is 0.470. The van der Waals surface area contributed by atoms with Gasteiger partial charge in [0.15, 0.2) is 6.29 Å². The monoisotopic (exact) mass is 366 g/mol. The molecule has 0 fully saturated rings. The number of ether oxygens (including phenoxy) is 2. The Labute approximate surface area is 121 Å². The molecule has 2 nitrogen and oxygen atoms in total. The SMILES string of the molecule is CC=C(Br)/C=C\C(=C(/C)Br)C(OCC)OCC. The molecule has 0 spiro atoms. The molecule has 0 aliphatic carbocycles. The third-order valence-electron chi connectivity index (χ3n) is 1.99. The van der Waals surface area contributed by atoms with Gasteiger partial charge in [-0.15, -0.1) is 0 Å². The highest BCUT2D eigenvalue weighted by Crippen LogP contribution is 2.21. The van der Waals surface area contributed by atoms with Crippen LogP contribution in [0.4, 0.5) is 0 Å². The van der Waals surface area contributed by atoms with Crippen LogP contribution in [0, 0.1) is 0 Å². The fourth-order valence-corrected chi connectivity index (χ4v) is 1.60. The summed E-state index contributed by atoms with van der Waals surface area (Å²) < 4.78 is 13.2. The number of halogens is 2. The second kappa shape index (κ2) is 10.1. The Kier molecular flexibility index (Phi) is 10.1. The lowest BCUT2D eigenvalue weighted by Crippen LogP contribution is -2.19. The molecule has 4 heteroatoms. The molecule has 0 saturated heterocycles. The highest BCUT2D eigenvalue weighted by atomic mass is 79.9. The molecule has 0 rings (SSSR count). The third-order valence-corrected chi connectivity index (χ3v) is 3.17. The van der Waals surface area contributed by atoms with Gasteiger partial charge < -0.3 is 9.47 Å². The summed E-state index contributed by atoms with van der Waals surface area (Å²) in [6.07, 6.45) is 5.63. The Morgan fingerprint density at radius 2 is 1.65 bits per heavy atom. The van der Waals surface area contributed by atoms with Crippen LogP contribution >= 0.6 is 31.9 Å². The van der Waals surface area contributed by atoms with Gasteiger partial charge in [-0.3, -0.25) is 0 Å². The molecule has 0 radical (unpaired) electrons. The van der Waals surface area contributed by atoms with E-state index >= 15 is 0 Å². The lowest BCUT2D eigenvalue weighted by atomic mass is 10.2. The highest BCUT2D eigenvalue weighted by Gasteiger charge is 2.14. The zero-order chi connectivity index (χ0) is 13.3. The van der Waals surface area contributed by atoms with E-state index in [-0.39, 0.29) is 6.29 Å². The summed E-state index contributed by atoms with van der Waals surface area (Å²) in [7, 11) is 0. The van der Waals surface area contributed by atoms with E-state index in [1.54, 1.807) is 0 Å². The van der Waals surface area contributed by atoms with E-state index in [9.17, 15) is 0 Å². The van der Waals surface area contributed by atoms with Crippen molar-refractivity contribution in [2.75, 3.05) is 13.2 Å². The van der Waals surface area contributed by atoms with Crippen LogP contribution in [0.5, 0.6) is 0 Å². The number of hydrogen-bond acceptors (Lipinski definition) is 2. The molecule has 0 atom stereocenters. The molecule has 17 heavy (non-hydrogen) atoms. The Morgan fingerprint density at radius 3 is 2.00 bits per heavy atom. The van der Waals surface area contributed by atoms with E-state index in [1.807, 2.05) is 45.9 Å². The molecule has 0 aromatic heterocycles. The number of rotatable bonds is 7. The topological polar surface area (TPSA) is 18.5 Å². The molecule has 0 saturated carbocycles. The summed E-state index contributed by atoms with van der Waals surface area (Å²) in [5.74, 6) is 0. The lowest BCUT2D eigenvalue weighted by Gasteiger charge is -2.19. The van der Waals surface area contributed by atoms with E-state index in [4.69, 9.17) is 9.47 Å². The van der Waals surface area contributed by atoms with Crippen LogP contribution in [0.1, 0.15) is 27.7 Å². The molecule has 0 bridgehead atoms. The molecule has 0 aromatic carbocycles. The summed E-state index contributed by atoms with van der Waals surface area (Å²) in [4.78, 5) is 0. The summed E-state index contributed by atoms with van der Waals surface area (Å²) >= 11 is 6.92. The average molecular weight is 368 g/mol. The predicted molar refractivity (Wildman–Crippen MR) is 80.5 cm³/mol. The maximum Gasteiger partial charge on any atom is 0.184 e. The van der Waals surface area contributed by atoms with E-state index in [0.717, 1.165) is 14.5 Å². The fraction of sp³-hybridized carbons (Fsp3) is 0.538. The van der Waals surface area contributed by atoms with Crippen molar-refractivity contribution in [2.45, 2.75) is 34.0 Å². The molecule has 0 aromatic rings. The molecule has 0 aliphatic rings. The van der Waals surface area contributed by atoms with Crippen LogP contribution in [0.3, 0.4) is 0 Å². The van der Waals surface area contributed by atoms with Gasteiger partial charge in [-0.1, -0.05) is 44.0 Å². The minimum atomic E-state index is -0.321. The first-order valence-corrected chi connectivity index (χ1v) is 7.24. The van der Waals surface area contributed by atoms with Gasteiger partial charge in [0.2, 0.25) is 0 Å². The van der Waals surface area contributed by atoms with Crippen LogP contribution in [-0.2, 0) is 9.47 Å². The van der Waals surface area contributed by atoms with Gasteiger partial charge in [-0.05, 0) is 33.8 Å². The molecular weight excluding hydrogens is 348 g/mol. The first kappa shape index (κ1) is 17.1. The molecular formula is C13H20Br2O2. The summed E-state index contributed by atoms with van der Waals surface area (Å²) in [5.41, 5.74) is 0.993. The lowest BCUT2D eigenvalue weighted by molar-refractivity contribution is -0.109. The molecule has 0 unspecified atom stereocenters. The highest BCUT2D eigenvalue weighted by molar-refractivity contribution is 9.12. The standard InChI is InChI=1S/C13H20Br2O2/c1-5-11(15)8-9-12(10(4)14)13(16-6-2)17-7-3/h5,8-9,13H,6-7H2,1-4H3/b9-8-,11-5?,12-10-. The second-order valence-corrected chi connectivity index (χ2v) is 5.34. The number of allylic oxidation sites excluding steroid dienone is 4. The predicted octanol–water partition coefficient (Wildman–Crippen LogP) is 4.91. The minimum Gasteiger partial charge on any atom is -0.349 e. The van der Waals surface area contributed by atoms with Gasteiger partial charge in [0.25, 0.3) is 0 Å². The van der Waals surface area contributed by atoms with Crippen molar-refractivity contribution in [3.63, 3.8) is 0 Å². The zero-order valence-corrected chi connectivity index (χ0v) is 14.0. The van der Waals surface area contributed by atoms with Crippen molar-refractivity contribution in [3.8, 4) is 0 Å². The van der Waals surface area contributed by atoms with Gasteiger partial charge in [0.05, 0.1) is 0 Å². The van der Waals surface area contributed by atoms with Gasteiger partial charge in [0.1, 0.15) is 0 Å². The van der Waals surface area contributed by atoms with E-state index in [2.05, 4.69) is 31.9 Å². The largest absolute Gasteiger partial charge is 0.349 e. The van der Waals surface area contributed by atoms with Gasteiger partial charge in [-0.25, -0.2) is 0 Å². The van der Waals surface area contributed by atoms with Gasteiger partial charge >= 0.3 is 0 Å². The van der Waals surface area contributed by atoms with Crippen molar-refractivity contribution in [2.24, 2.45) is 0 Å². The Hall–Kier alpha value is 0.1000. The first-order valence-electron chi connectivity index (χ1n) is 5.66. The van der Waals surface area contributed by atoms with Crippen LogP contribution in [-0.4, -0.2) is 19.5 Å². The van der Waals surface area contributed by atoms with Crippen molar-refractivity contribution in [1.82, 2.24) is 0 Å². The smallest absolute Gasteiger partial charge is 0.184 e. The van der Waals surface area contributed by atoms with Crippen molar-refractivity contribution >= 4 is 31.9 Å². The van der Waals surface area contributed by atoms with Crippen molar-refractivity contribution < 1.29 is 9.47 Å². The minimum absolute atomic E-state index is 0.321. The molecule has 0 amide bonds. The first-order chi connectivity index (χ1) is 8.06. The van der Waals surface area contributed by atoms with Gasteiger partial charge in [-0.2, -0.15) is 0 Å². The van der Waals surface area contributed by atoms with E-state index in [0.29, 0.717) is 13.2 Å². The van der Waals surface area contributed by atoms with E-state index in [1.165, 1.54) is 0 Å². The molecule has 0 heterocycles. The van der Waals surface area contributed by atoms with Crippen molar-refractivity contribution in [1.29, 1.82) is 0 Å². The Morgan fingerprint density at radius 1 is 1.12 bits per heavy atom. The van der Waals surface area contributed by atoms with Gasteiger partial charge in [0, 0.05) is 27.8 Å². The summed E-state index contributed by atoms with van der Waals surface area (Å²) in [6.45, 7) is 9.10. The van der Waals surface area contributed by atoms with Crippen LogP contribution in [0.25, 0.3) is 0 Å². The molecule has 0 aliphatic heterocycles.